The lowest BCUT2D eigenvalue weighted by Gasteiger charge is -2.13. The molecule has 0 unspecified atom stereocenters. The lowest BCUT2D eigenvalue weighted by atomic mass is 9.99. The molecule has 0 saturated heterocycles. The van der Waals surface area contributed by atoms with Crippen molar-refractivity contribution >= 4 is 34.2 Å². The first-order chi connectivity index (χ1) is 35.1. The molecule has 10 rings (SSSR count). The molecule has 1 aliphatic carbocycles. The molecule has 0 fully saturated rings. The summed E-state index contributed by atoms with van der Waals surface area (Å²) in [6.07, 6.45) is 23.3. The van der Waals surface area contributed by atoms with Crippen molar-refractivity contribution in [1.29, 1.82) is 0 Å². The number of fused-ring (bicyclic) bond motifs is 2. The van der Waals surface area contributed by atoms with Crippen LogP contribution in [0.5, 0.6) is 0 Å². The van der Waals surface area contributed by atoms with Crippen molar-refractivity contribution in [2.45, 2.75) is 116 Å². The van der Waals surface area contributed by atoms with Gasteiger partial charge >= 0.3 is 0 Å². The molecule has 0 spiro atoms. The molecule has 0 saturated carbocycles. The van der Waals surface area contributed by atoms with Crippen LogP contribution in [-0.4, -0.2) is 56.8 Å². The summed E-state index contributed by atoms with van der Waals surface area (Å²) in [6.45, 7) is 2.03. The van der Waals surface area contributed by atoms with E-state index in [9.17, 15) is 19.2 Å². The number of nitrogens with zero attached hydrogens (tertiary/aromatic N) is 8. The number of Topliss-reactive ketones (excluding diaryl/α,β-unsaturated/α-hetero) is 2. The first kappa shape index (κ1) is 50.3. The molecule has 0 amide bonds. The van der Waals surface area contributed by atoms with E-state index in [0.29, 0.717) is 54.9 Å². The molecule has 0 atom stereocenters. The average molecular weight is 1000 g/mol. The lowest BCUT2D eigenvalue weighted by Crippen LogP contribution is -2.29. The van der Waals surface area contributed by atoms with Crippen molar-refractivity contribution in [1.82, 2.24) is 44.0 Å². The zero-order chi connectivity index (χ0) is 49.8. The number of benzene rings is 2. The van der Waals surface area contributed by atoms with Gasteiger partial charge in [-0.3, -0.25) is 47.6 Å². The van der Waals surface area contributed by atoms with Crippen LogP contribution in [0.15, 0.2) is 120 Å². The third-order valence-electron chi connectivity index (χ3n) is 13.5. The predicted octanol–water partition coefficient (Wildman–Crippen LogP) is 8.69. The van der Waals surface area contributed by atoms with E-state index < -0.39 is 0 Å². The molecule has 72 heavy (non-hydrogen) atoms. The van der Waals surface area contributed by atoms with Crippen molar-refractivity contribution in [3.63, 3.8) is 0 Å². The quantitative estimate of drug-likeness (QED) is 0.0791. The second-order valence-corrected chi connectivity index (χ2v) is 21.4. The first-order valence-electron chi connectivity index (χ1n) is 25.3. The van der Waals surface area contributed by atoms with E-state index >= 15 is 0 Å². The van der Waals surface area contributed by atoms with Gasteiger partial charge in [0.05, 0.1) is 49.3 Å². The molecule has 13 nitrogen and oxygen atoms in total. The maximum absolute atomic E-state index is 13.5. The first-order valence-corrected chi connectivity index (χ1v) is 26.9. The Hall–Kier alpha value is -6.68. The van der Waals surface area contributed by atoms with Crippen LogP contribution in [-0.2, 0) is 101 Å². The summed E-state index contributed by atoms with van der Waals surface area (Å²) in [7, 11) is 3.67. The monoisotopic (exact) mass is 1000 g/mol. The van der Waals surface area contributed by atoms with Crippen LogP contribution in [0.1, 0.15) is 91.7 Å². The number of nitrogens with one attached hydrogen (secondary N) is 1. The Labute approximate surface area is 428 Å². The van der Waals surface area contributed by atoms with Crippen molar-refractivity contribution in [3.05, 3.63) is 184 Å². The van der Waals surface area contributed by atoms with E-state index in [-0.39, 0.29) is 35.8 Å². The molecule has 15 heteroatoms. The molecule has 8 aromatic rings. The maximum Gasteiger partial charge on any atom is 0.273 e. The summed E-state index contributed by atoms with van der Waals surface area (Å²) >= 11 is 3.67. The van der Waals surface area contributed by atoms with E-state index in [1.165, 1.54) is 61.0 Å². The number of carbonyl (C=O) groups is 2. The summed E-state index contributed by atoms with van der Waals surface area (Å²) < 4.78 is 6.57. The second-order valence-electron chi connectivity index (χ2n) is 19.0. The fourth-order valence-corrected chi connectivity index (χ4v) is 12.1. The Morgan fingerprint density at radius 2 is 1.07 bits per heavy atom. The third-order valence-corrected chi connectivity index (χ3v) is 16.1. The number of aryl methyl sites for hydroxylation is 10. The van der Waals surface area contributed by atoms with Crippen LogP contribution in [0.3, 0.4) is 0 Å². The molecule has 0 bridgehead atoms. The van der Waals surface area contributed by atoms with E-state index in [1.54, 1.807) is 43.3 Å². The van der Waals surface area contributed by atoms with Gasteiger partial charge in [-0.25, -0.2) is 0 Å². The maximum atomic E-state index is 13.5. The Morgan fingerprint density at radius 3 is 1.54 bits per heavy atom. The Morgan fingerprint density at radius 1 is 0.583 bits per heavy atom. The lowest BCUT2D eigenvalue weighted by molar-refractivity contribution is -0.120. The number of hydrogen-bond donors (Lipinski definition) is 1. The molecule has 1 aliphatic heterocycles. The fraction of sp³-hybridized carbons (Fsp3) is 0.368. The normalized spacial score (nSPS) is 13.0. The van der Waals surface area contributed by atoms with Crippen molar-refractivity contribution in [2.24, 2.45) is 14.1 Å². The van der Waals surface area contributed by atoms with Crippen molar-refractivity contribution in [2.75, 3.05) is 6.54 Å². The summed E-state index contributed by atoms with van der Waals surface area (Å²) in [5, 5.41) is 11.9. The summed E-state index contributed by atoms with van der Waals surface area (Å²) in [5.74, 6) is 0.114. The van der Waals surface area contributed by atoms with Gasteiger partial charge in [-0.1, -0.05) is 60.7 Å². The minimum atomic E-state index is -0.185. The minimum Gasteiger partial charge on any atom is -0.312 e. The molecule has 2 aliphatic rings. The molecule has 372 valence electrons. The molecule has 1 N–H and O–H groups in total. The van der Waals surface area contributed by atoms with Gasteiger partial charge in [0, 0.05) is 83.1 Å². The molecular formula is C57H63N9O4S2. The highest BCUT2D eigenvalue weighted by Gasteiger charge is 2.20. The standard InChI is InChI=1S/C29H32N4O2S.C28H31N5O2S/c1-32-19-23(17-31-32)27-18-30-26(12-7-10-21-8-3-2-4-9-21)29(35)33(27)20-24(34)14-15-25-16-22-11-5-6-13-28(22)36-25;1-32-18-22(16-31-32)26-17-30-25(9-5-8-20-6-3-2-4-7-20)28(35)33(26)19-23(34)10-11-24-14-21-15-29-13-12-27(21)36-24/h2-4,8-9,16-19H,5-7,10-15,20H2,1H3;2-4,6-7,14,16-18,29H,5,8-13,15,19H2,1H3. The van der Waals surface area contributed by atoms with Gasteiger partial charge in [0.15, 0.2) is 11.6 Å². The zero-order valence-electron chi connectivity index (χ0n) is 41.4. The Bertz CT molecular complexity index is 2970. The average Bonchev–Trinajstić information content (AvgIpc) is 4.23. The number of rotatable bonds is 20. The van der Waals surface area contributed by atoms with E-state index in [2.05, 4.69) is 61.9 Å². The van der Waals surface area contributed by atoms with Gasteiger partial charge in [0.1, 0.15) is 11.4 Å². The number of thiophene rings is 2. The van der Waals surface area contributed by atoms with Crippen LogP contribution in [0, 0.1) is 0 Å². The summed E-state index contributed by atoms with van der Waals surface area (Å²) in [6, 6.07) is 25.0. The molecular weight excluding hydrogens is 939 g/mol. The van der Waals surface area contributed by atoms with Gasteiger partial charge in [-0.15, -0.1) is 22.7 Å². The molecule has 7 heterocycles. The smallest absolute Gasteiger partial charge is 0.273 e. The van der Waals surface area contributed by atoms with Gasteiger partial charge in [-0.05, 0) is 118 Å². The highest BCUT2D eigenvalue weighted by Crippen LogP contribution is 2.31. The highest BCUT2D eigenvalue weighted by atomic mass is 32.1. The predicted molar refractivity (Wildman–Crippen MR) is 286 cm³/mol. The van der Waals surface area contributed by atoms with Gasteiger partial charge in [0.2, 0.25) is 0 Å². The SMILES string of the molecule is Cn1cc(-c2cnc(CCCc3ccccc3)c(=O)n2CC(=O)CCc2cc3c(s2)CCCC3)cn1.Cn1cc(-c2cnc(CCCc3ccccc3)c(=O)n2CC(=O)CCc2cc3c(s2)CCNC3)cn1. The topological polar surface area (TPSA) is 152 Å². The zero-order valence-corrected chi connectivity index (χ0v) is 43.0. The molecule has 6 aromatic heterocycles. The second kappa shape index (κ2) is 24.2. The van der Waals surface area contributed by atoms with Gasteiger partial charge in [0.25, 0.3) is 11.1 Å². The summed E-state index contributed by atoms with van der Waals surface area (Å²) in [4.78, 5) is 67.6. The number of hydrogen-bond acceptors (Lipinski definition) is 11. The third kappa shape index (κ3) is 13.0. The summed E-state index contributed by atoms with van der Waals surface area (Å²) in [5.41, 5.74) is 8.81. The number of aromatic nitrogens is 8. The van der Waals surface area contributed by atoms with E-state index in [0.717, 1.165) is 69.2 Å². The van der Waals surface area contributed by atoms with Gasteiger partial charge in [-0.2, -0.15) is 10.2 Å². The highest BCUT2D eigenvalue weighted by molar-refractivity contribution is 7.12. The Kier molecular flexibility index (Phi) is 16.9. The van der Waals surface area contributed by atoms with Gasteiger partial charge < -0.3 is 5.32 Å². The van der Waals surface area contributed by atoms with Crippen molar-refractivity contribution in [3.8, 4) is 22.5 Å². The van der Waals surface area contributed by atoms with Crippen LogP contribution in [0.4, 0.5) is 0 Å². The van der Waals surface area contributed by atoms with Crippen LogP contribution in [0.25, 0.3) is 22.5 Å². The number of carbonyl (C=O) groups excluding carboxylic acids is 2. The van der Waals surface area contributed by atoms with E-state index in [4.69, 9.17) is 0 Å². The minimum absolute atomic E-state index is 0.0455. The Balaban J connectivity index is 0.000000178. The molecule has 0 radical (unpaired) electrons. The number of ketones is 2. The van der Waals surface area contributed by atoms with E-state index in [1.807, 2.05) is 85.6 Å². The van der Waals surface area contributed by atoms with Crippen LogP contribution in [0.2, 0.25) is 0 Å². The molecule has 2 aromatic carbocycles. The largest absolute Gasteiger partial charge is 0.312 e. The van der Waals surface area contributed by atoms with Crippen molar-refractivity contribution < 1.29 is 9.59 Å². The van der Waals surface area contributed by atoms with Crippen LogP contribution >= 0.6 is 22.7 Å². The van der Waals surface area contributed by atoms with Crippen LogP contribution < -0.4 is 16.4 Å². The fourth-order valence-electron chi connectivity index (χ4n) is 9.64.